The lowest BCUT2D eigenvalue weighted by atomic mass is 9.98. The van der Waals surface area contributed by atoms with E-state index in [0.717, 1.165) is 17.4 Å². The van der Waals surface area contributed by atoms with E-state index in [2.05, 4.69) is 93.5 Å². The highest BCUT2D eigenvalue weighted by Crippen LogP contribution is 2.31. The van der Waals surface area contributed by atoms with Crippen LogP contribution in [0.5, 0.6) is 0 Å². The van der Waals surface area contributed by atoms with E-state index in [1.165, 1.54) is 21.2 Å². The Bertz CT molecular complexity index is 567. The molecule has 0 saturated carbocycles. The van der Waals surface area contributed by atoms with Gasteiger partial charge in [0.05, 0.1) is 0 Å². The number of aryl methyl sites for hydroxylation is 1. The number of hydrogen-bond acceptors (Lipinski definition) is 1. The maximum atomic E-state index is 3.70. The first-order valence-corrected chi connectivity index (χ1v) is 8.43. The fourth-order valence-electron chi connectivity index (χ4n) is 2.32. The standard InChI is InChI=1S/C17H19Br2N/c1-3-20-17(10-13-7-5-4-6-8-13)14-11-15(18)12(2)9-16(14)19/h4-9,11,17,20H,3,10H2,1-2H3. The van der Waals surface area contributed by atoms with Gasteiger partial charge in [-0.25, -0.2) is 0 Å². The summed E-state index contributed by atoms with van der Waals surface area (Å²) < 4.78 is 2.33. The maximum Gasteiger partial charge on any atom is 0.0372 e. The first-order valence-electron chi connectivity index (χ1n) is 6.84. The Labute approximate surface area is 138 Å². The molecule has 1 nitrogen and oxygen atoms in total. The van der Waals surface area contributed by atoms with Gasteiger partial charge < -0.3 is 5.32 Å². The summed E-state index contributed by atoms with van der Waals surface area (Å²) in [5, 5.41) is 3.58. The molecule has 0 saturated heterocycles. The highest BCUT2D eigenvalue weighted by Gasteiger charge is 2.15. The normalized spacial score (nSPS) is 12.4. The number of benzene rings is 2. The second-order valence-corrected chi connectivity index (χ2v) is 6.63. The molecule has 0 heterocycles. The average Bonchev–Trinajstić information content (AvgIpc) is 2.44. The van der Waals surface area contributed by atoms with E-state index in [4.69, 9.17) is 0 Å². The van der Waals surface area contributed by atoms with Gasteiger partial charge in [0, 0.05) is 15.0 Å². The molecule has 0 fully saturated rings. The van der Waals surface area contributed by atoms with Gasteiger partial charge in [-0.3, -0.25) is 0 Å². The molecule has 106 valence electrons. The van der Waals surface area contributed by atoms with E-state index in [0.29, 0.717) is 6.04 Å². The summed E-state index contributed by atoms with van der Waals surface area (Å²) in [6, 6.07) is 15.3. The number of likely N-dealkylation sites (N-methyl/N-ethyl adjacent to an activating group) is 1. The molecule has 1 unspecified atom stereocenters. The third-order valence-electron chi connectivity index (χ3n) is 3.39. The zero-order valence-corrected chi connectivity index (χ0v) is 15.0. The van der Waals surface area contributed by atoms with Crippen LogP contribution in [0.15, 0.2) is 51.4 Å². The minimum Gasteiger partial charge on any atom is -0.310 e. The highest BCUT2D eigenvalue weighted by atomic mass is 79.9. The first-order chi connectivity index (χ1) is 9.61. The van der Waals surface area contributed by atoms with Crippen molar-refractivity contribution in [3.8, 4) is 0 Å². The molecule has 0 aliphatic heterocycles. The zero-order chi connectivity index (χ0) is 14.5. The van der Waals surface area contributed by atoms with E-state index in [1.54, 1.807) is 0 Å². The molecule has 0 aromatic heterocycles. The predicted octanol–water partition coefficient (Wildman–Crippen LogP) is 5.41. The van der Waals surface area contributed by atoms with E-state index in [1.807, 2.05) is 0 Å². The van der Waals surface area contributed by atoms with Crippen LogP contribution in [-0.4, -0.2) is 6.54 Å². The van der Waals surface area contributed by atoms with Gasteiger partial charge >= 0.3 is 0 Å². The maximum absolute atomic E-state index is 3.70. The van der Waals surface area contributed by atoms with Crippen LogP contribution >= 0.6 is 31.9 Å². The Morgan fingerprint density at radius 2 is 1.75 bits per heavy atom. The van der Waals surface area contributed by atoms with Crippen LogP contribution in [-0.2, 0) is 6.42 Å². The molecule has 2 rings (SSSR count). The van der Waals surface area contributed by atoms with Crippen LogP contribution in [0.3, 0.4) is 0 Å². The summed E-state index contributed by atoms with van der Waals surface area (Å²) in [5.74, 6) is 0. The Kier molecular flexibility index (Phi) is 5.82. The van der Waals surface area contributed by atoms with Crippen molar-refractivity contribution in [1.82, 2.24) is 5.32 Å². The Hall–Kier alpha value is -0.640. The molecular weight excluding hydrogens is 378 g/mol. The van der Waals surface area contributed by atoms with Gasteiger partial charge in [-0.15, -0.1) is 0 Å². The van der Waals surface area contributed by atoms with E-state index in [9.17, 15) is 0 Å². The van der Waals surface area contributed by atoms with Gasteiger partial charge in [-0.2, -0.15) is 0 Å². The molecule has 0 spiro atoms. The van der Waals surface area contributed by atoms with Gasteiger partial charge in [0.15, 0.2) is 0 Å². The Morgan fingerprint density at radius 3 is 2.40 bits per heavy atom. The van der Waals surface area contributed by atoms with Gasteiger partial charge in [0.1, 0.15) is 0 Å². The van der Waals surface area contributed by atoms with Crippen LogP contribution in [0, 0.1) is 6.92 Å². The monoisotopic (exact) mass is 395 g/mol. The van der Waals surface area contributed by atoms with Crippen molar-refractivity contribution in [2.24, 2.45) is 0 Å². The molecule has 0 bridgehead atoms. The average molecular weight is 397 g/mol. The summed E-state index contributed by atoms with van der Waals surface area (Å²) in [6.45, 7) is 5.21. The molecule has 2 aromatic carbocycles. The smallest absolute Gasteiger partial charge is 0.0372 e. The third-order valence-corrected chi connectivity index (χ3v) is 4.93. The minimum atomic E-state index is 0.314. The summed E-state index contributed by atoms with van der Waals surface area (Å²) in [6.07, 6.45) is 0.989. The SMILES string of the molecule is CCNC(Cc1ccccc1)c1cc(Br)c(C)cc1Br. The summed E-state index contributed by atoms with van der Waals surface area (Å²) >= 11 is 7.34. The number of halogens is 2. The summed E-state index contributed by atoms with van der Waals surface area (Å²) in [4.78, 5) is 0. The van der Waals surface area contributed by atoms with E-state index < -0.39 is 0 Å². The fourth-order valence-corrected chi connectivity index (χ4v) is 3.41. The molecule has 0 aliphatic carbocycles. The second kappa shape index (κ2) is 7.39. The van der Waals surface area contributed by atoms with Gasteiger partial charge in [-0.05, 0) is 48.7 Å². The Morgan fingerprint density at radius 1 is 1.05 bits per heavy atom. The quantitative estimate of drug-likeness (QED) is 0.711. The van der Waals surface area contributed by atoms with Crippen molar-refractivity contribution < 1.29 is 0 Å². The largest absolute Gasteiger partial charge is 0.310 e. The lowest BCUT2D eigenvalue weighted by Crippen LogP contribution is -2.23. The van der Waals surface area contributed by atoms with Crippen molar-refractivity contribution in [2.75, 3.05) is 6.54 Å². The molecule has 1 atom stereocenters. The fraction of sp³-hybridized carbons (Fsp3) is 0.294. The van der Waals surface area contributed by atoms with E-state index in [-0.39, 0.29) is 0 Å². The summed E-state index contributed by atoms with van der Waals surface area (Å²) in [7, 11) is 0. The van der Waals surface area contributed by atoms with Crippen molar-refractivity contribution in [2.45, 2.75) is 26.3 Å². The highest BCUT2D eigenvalue weighted by molar-refractivity contribution is 9.11. The molecule has 0 radical (unpaired) electrons. The number of hydrogen-bond donors (Lipinski definition) is 1. The van der Waals surface area contributed by atoms with Crippen LogP contribution in [0.4, 0.5) is 0 Å². The first kappa shape index (κ1) is 15.7. The number of rotatable bonds is 5. The lowest BCUT2D eigenvalue weighted by Gasteiger charge is -2.21. The van der Waals surface area contributed by atoms with Crippen molar-refractivity contribution >= 4 is 31.9 Å². The lowest BCUT2D eigenvalue weighted by molar-refractivity contribution is 0.547. The third kappa shape index (κ3) is 3.94. The molecule has 0 amide bonds. The Balaban J connectivity index is 2.31. The second-order valence-electron chi connectivity index (χ2n) is 4.92. The van der Waals surface area contributed by atoms with Crippen molar-refractivity contribution in [1.29, 1.82) is 0 Å². The molecule has 20 heavy (non-hydrogen) atoms. The van der Waals surface area contributed by atoms with Crippen molar-refractivity contribution in [3.05, 3.63) is 68.1 Å². The van der Waals surface area contributed by atoms with Crippen LogP contribution in [0.25, 0.3) is 0 Å². The zero-order valence-electron chi connectivity index (χ0n) is 11.8. The van der Waals surface area contributed by atoms with Gasteiger partial charge in [0.25, 0.3) is 0 Å². The molecule has 3 heteroatoms. The van der Waals surface area contributed by atoms with E-state index >= 15 is 0 Å². The molecule has 1 N–H and O–H groups in total. The molecule has 0 aliphatic rings. The van der Waals surface area contributed by atoms with Crippen LogP contribution < -0.4 is 5.32 Å². The minimum absolute atomic E-state index is 0.314. The predicted molar refractivity (Wildman–Crippen MR) is 93.1 cm³/mol. The summed E-state index contributed by atoms with van der Waals surface area (Å²) in [5.41, 5.74) is 3.89. The van der Waals surface area contributed by atoms with Crippen LogP contribution in [0.2, 0.25) is 0 Å². The molecular formula is C17H19Br2N. The van der Waals surface area contributed by atoms with Gasteiger partial charge in [-0.1, -0.05) is 69.1 Å². The molecule has 2 aromatic rings. The van der Waals surface area contributed by atoms with Gasteiger partial charge in [0.2, 0.25) is 0 Å². The van der Waals surface area contributed by atoms with Crippen molar-refractivity contribution in [3.63, 3.8) is 0 Å². The number of nitrogens with one attached hydrogen (secondary N) is 1. The topological polar surface area (TPSA) is 12.0 Å². The van der Waals surface area contributed by atoms with Crippen LogP contribution in [0.1, 0.15) is 29.7 Å².